The van der Waals surface area contributed by atoms with Gasteiger partial charge in [0, 0.05) is 49.1 Å². The second kappa shape index (κ2) is 12.3. The number of nitrogens with zero attached hydrogens (tertiary/aromatic N) is 4. The zero-order valence-electron chi connectivity index (χ0n) is 30.4. The molecular formula is C51H30N4O2. The van der Waals surface area contributed by atoms with Crippen LogP contribution in [0.15, 0.2) is 191 Å². The second-order valence-corrected chi connectivity index (χ2v) is 14.4. The Morgan fingerprint density at radius 1 is 0.333 bits per heavy atom. The average molecular weight is 731 g/mol. The summed E-state index contributed by atoms with van der Waals surface area (Å²) in [7, 11) is 0. The van der Waals surface area contributed by atoms with Gasteiger partial charge in [-0.2, -0.15) is 0 Å². The monoisotopic (exact) mass is 730 g/mol. The molecule has 0 unspecified atom stereocenters. The summed E-state index contributed by atoms with van der Waals surface area (Å²) in [6, 6.07) is 62.7. The molecule has 12 rings (SSSR count). The Bertz CT molecular complexity index is 3530. The van der Waals surface area contributed by atoms with Crippen LogP contribution in [0.4, 0.5) is 0 Å². The molecule has 0 aliphatic heterocycles. The minimum absolute atomic E-state index is 0.533. The minimum atomic E-state index is 0.533. The highest BCUT2D eigenvalue weighted by molar-refractivity contribution is 6.18. The van der Waals surface area contributed by atoms with E-state index in [1.807, 2.05) is 42.5 Å². The molecule has 0 atom stereocenters. The van der Waals surface area contributed by atoms with E-state index in [2.05, 4.69) is 144 Å². The fourth-order valence-corrected chi connectivity index (χ4v) is 8.38. The molecule has 0 spiro atoms. The van der Waals surface area contributed by atoms with E-state index in [9.17, 15) is 0 Å². The summed E-state index contributed by atoms with van der Waals surface area (Å²) >= 11 is 0. The van der Waals surface area contributed by atoms with Crippen molar-refractivity contribution in [2.45, 2.75) is 0 Å². The molecule has 0 saturated heterocycles. The van der Waals surface area contributed by atoms with Gasteiger partial charge < -0.3 is 13.4 Å². The predicted octanol–water partition coefficient (Wildman–Crippen LogP) is 13.4. The SMILES string of the molecule is c1ccc(-c2cccc(-c3nc(-c4ccc5oc6ccccc6c5c4)nc(-c4cccc5c4oc4cc6c7ccccc7n(-c7ccccc7)c6cc45)n3)c2)cc1. The number of hydrogen-bond donors (Lipinski definition) is 0. The van der Waals surface area contributed by atoms with Gasteiger partial charge in [-0.1, -0.05) is 115 Å². The maximum Gasteiger partial charge on any atom is 0.167 e. The van der Waals surface area contributed by atoms with E-state index in [1.165, 1.54) is 5.39 Å². The van der Waals surface area contributed by atoms with Gasteiger partial charge in [0.15, 0.2) is 17.5 Å². The first-order valence-electron chi connectivity index (χ1n) is 19.0. The Hall–Kier alpha value is -7.83. The Labute approximate surface area is 325 Å². The molecule has 12 aromatic rings. The zero-order chi connectivity index (χ0) is 37.5. The smallest absolute Gasteiger partial charge is 0.167 e. The summed E-state index contributed by atoms with van der Waals surface area (Å²) < 4.78 is 15.4. The van der Waals surface area contributed by atoms with Crippen LogP contribution in [0.25, 0.3) is 117 Å². The number of aromatic nitrogens is 4. The van der Waals surface area contributed by atoms with Crippen molar-refractivity contribution in [2.75, 3.05) is 0 Å². The third-order valence-electron chi connectivity index (χ3n) is 11.0. The molecule has 0 aliphatic carbocycles. The Kier molecular flexibility index (Phi) is 6.83. The van der Waals surface area contributed by atoms with Gasteiger partial charge >= 0.3 is 0 Å². The van der Waals surface area contributed by atoms with Gasteiger partial charge in [0.05, 0.1) is 16.6 Å². The molecule has 0 radical (unpaired) electrons. The molecule has 4 aromatic heterocycles. The number of rotatable bonds is 5. The Balaban J connectivity index is 1.09. The molecule has 0 fully saturated rings. The van der Waals surface area contributed by atoms with Gasteiger partial charge in [-0.25, -0.2) is 15.0 Å². The highest BCUT2D eigenvalue weighted by Gasteiger charge is 2.21. The number of hydrogen-bond acceptors (Lipinski definition) is 5. The molecule has 6 nitrogen and oxygen atoms in total. The van der Waals surface area contributed by atoms with Gasteiger partial charge in [-0.05, 0) is 77.9 Å². The van der Waals surface area contributed by atoms with E-state index < -0.39 is 0 Å². The van der Waals surface area contributed by atoms with Crippen molar-refractivity contribution in [2.24, 2.45) is 0 Å². The van der Waals surface area contributed by atoms with Crippen molar-refractivity contribution < 1.29 is 8.83 Å². The average Bonchev–Trinajstić information content (AvgIpc) is 3.95. The number of benzene rings is 8. The van der Waals surface area contributed by atoms with Crippen LogP contribution in [0.2, 0.25) is 0 Å². The van der Waals surface area contributed by atoms with Crippen LogP contribution in [0.5, 0.6) is 0 Å². The molecule has 0 bridgehead atoms. The minimum Gasteiger partial charge on any atom is -0.456 e. The molecule has 266 valence electrons. The summed E-state index contributed by atoms with van der Waals surface area (Å²) in [5.74, 6) is 1.67. The summed E-state index contributed by atoms with van der Waals surface area (Å²) in [5, 5.41) is 6.39. The molecule has 6 heteroatoms. The van der Waals surface area contributed by atoms with E-state index in [-0.39, 0.29) is 0 Å². The van der Waals surface area contributed by atoms with E-state index in [0.29, 0.717) is 17.5 Å². The molecule has 0 N–H and O–H groups in total. The molecule has 4 heterocycles. The third-order valence-corrected chi connectivity index (χ3v) is 11.0. The van der Waals surface area contributed by atoms with Crippen molar-refractivity contribution in [3.8, 4) is 51.0 Å². The van der Waals surface area contributed by atoms with Gasteiger partial charge in [-0.3, -0.25) is 0 Å². The van der Waals surface area contributed by atoms with Gasteiger partial charge in [-0.15, -0.1) is 0 Å². The van der Waals surface area contributed by atoms with Crippen LogP contribution in [0.3, 0.4) is 0 Å². The number of para-hydroxylation sites is 4. The first kappa shape index (κ1) is 31.5. The summed E-state index contributed by atoms with van der Waals surface area (Å²) in [4.78, 5) is 15.5. The lowest BCUT2D eigenvalue weighted by molar-refractivity contribution is 0.669. The molecule has 0 amide bonds. The molecule has 0 saturated carbocycles. The normalized spacial score (nSPS) is 11.9. The fourth-order valence-electron chi connectivity index (χ4n) is 8.38. The standard InChI is InChI=1S/C51H30N4O2/c1-3-13-31(14-4-1)32-15-11-16-33(27-32)49-52-50(34-25-26-46-41(28-34)37-20-8-10-24-45(37)56-46)54-51(53-49)39-22-12-21-38-42-29-44-40(30-47(42)57-48(38)39)36-19-7-9-23-43(36)55(44)35-17-5-2-6-18-35/h1-30H. The van der Waals surface area contributed by atoms with E-state index in [1.54, 1.807) is 0 Å². The third kappa shape index (κ3) is 5.01. The summed E-state index contributed by atoms with van der Waals surface area (Å²) in [6.07, 6.45) is 0. The number of furan rings is 2. The molecule has 0 aliphatic rings. The summed E-state index contributed by atoms with van der Waals surface area (Å²) in [6.45, 7) is 0. The first-order chi connectivity index (χ1) is 28.2. The summed E-state index contributed by atoms with van der Waals surface area (Å²) in [5.41, 5.74) is 11.3. The second-order valence-electron chi connectivity index (χ2n) is 14.4. The lowest BCUT2D eigenvalue weighted by atomic mass is 10.0. The van der Waals surface area contributed by atoms with Crippen LogP contribution < -0.4 is 0 Å². The highest BCUT2D eigenvalue weighted by Crippen LogP contribution is 2.41. The Morgan fingerprint density at radius 3 is 1.82 bits per heavy atom. The Morgan fingerprint density at radius 2 is 0.965 bits per heavy atom. The lowest BCUT2D eigenvalue weighted by Gasteiger charge is -2.10. The van der Waals surface area contributed by atoms with Crippen LogP contribution in [0.1, 0.15) is 0 Å². The topological polar surface area (TPSA) is 69.9 Å². The molecular weight excluding hydrogens is 701 g/mol. The van der Waals surface area contributed by atoms with Crippen LogP contribution >= 0.6 is 0 Å². The zero-order valence-corrected chi connectivity index (χ0v) is 30.4. The fraction of sp³-hybridized carbons (Fsp3) is 0. The lowest BCUT2D eigenvalue weighted by Crippen LogP contribution is -2.00. The maximum absolute atomic E-state index is 6.85. The van der Waals surface area contributed by atoms with E-state index >= 15 is 0 Å². The van der Waals surface area contributed by atoms with Crippen molar-refractivity contribution in [3.05, 3.63) is 182 Å². The van der Waals surface area contributed by atoms with Crippen molar-refractivity contribution in [1.82, 2.24) is 19.5 Å². The predicted molar refractivity (Wildman–Crippen MR) is 230 cm³/mol. The van der Waals surface area contributed by atoms with Crippen LogP contribution in [-0.2, 0) is 0 Å². The van der Waals surface area contributed by atoms with Gasteiger partial charge in [0.1, 0.15) is 22.3 Å². The maximum atomic E-state index is 6.85. The van der Waals surface area contributed by atoms with Crippen molar-refractivity contribution >= 4 is 65.7 Å². The van der Waals surface area contributed by atoms with Crippen molar-refractivity contribution in [1.29, 1.82) is 0 Å². The largest absolute Gasteiger partial charge is 0.456 e. The van der Waals surface area contributed by atoms with Gasteiger partial charge in [0.25, 0.3) is 0 Å². The van der Waals surface area contributed by atoms with E-state index in [0.717, 1.165) is 93.8 Å². The molecule has 8 aromatic carbocycles. The first-order valence-corrected chi connectivity index (χ1v) is 19.0. The van der Waals surface area contributed by atoms with Crippen LogP contribution in [0, 0.1) is 0 Å². The van der Waals surface area contributed by atoms with Crippen molar-refractivity contribution in [3.63, 3.8) is 0 Å². The van der Waals surface area contributed by atoms with Gasteiger partial charge in [0.2, 0.25) is 0 Å². The molecule has 57 heavy (non-hydrogen) atoms. The number of fused-ring (bicyclic) bond motifs is 9. The highest BCUT2D eigenvalue weighted by atomic mass is 16.3. The van der Waals surface area contributed by atoms with E-state index in [4.69, 9.17) is 23.8 Å². The quantitative estimate of drug-likeness (QED) is 0.176. The van der Waals surface area contributed by atoms with Crippen LogP contribution in [-0.4, -0.2) is 19.5 Å².